The van der Waals surface area contributed by atoms with Crippen LogP contribution in [-0.4, -0.2) is 20.2 Å². The van der Waals surface area contributed by atoms with E-state index in [1.807, 2.05) is 7.05 Å². The van der Waals surface area contributed by atoms with Gasteiger partial charge in [-0.3, -0.25) is 0 Å². The van der Waals surface area contributed by atoms with Crippen LogP contribution in [-0.2, 0) is 0 Å². The highest BCUT2D eigenvalue weighted by atomic mass is 19.1. The molecule has 1 N–H and O–H groups in total. The van der Waals surface area contributed by atoms with E-state index in [0.29, 0.717) is 6.61 Å². The highest BCUT2D eigenvalue weighted by Gasteiger charge is 1.94. The molecule has 1 rings (SSSR count). The molecule has 0 fully saturated rings. The van der Waals surface area contributed by atoms with E-state index in [0.717, 1.165) is 25.1 Å². The van der Waals surface area contributed by atoms with E-state index in [1.165, 1.54) is 18.6 Å². The Kier molecular flexibility index (Phi) is 5.78. The first-order chi connectivity index (χ1) is 7.33. The average molecular weight is 211 g/mol. The molecule has 1 aromatic carbocycles. The quantitative estimate of drug-likeness (QED) is 0.700. The molecule has 15 heavy (non-hydrogen) atoms. The number of halogens is 1. The number of hydrogen-bond donors (Lipinski definition) is 1. The first-order valence-corrected chi connectivity index (χ1v) is 5.36. The van der Waals surface area contributed by atoms with Crippen LogP contribution in [0.5, 0.6) is 5.75 Å². The summed E-state index contributed by atoms with van der Waals surface area (Å²) in [6.07, 6.45) is 3.37. The summed E-state index contributed by atoms with van der Waals surface area (Å²) in [6.45, 7) is 1.76. The Balaban J connectivity index is 2.07. The molecule has 0 saturated heterocycles. The maximum atomic E-state index is 12.6. The second-order valence-electron chi connectivity index (χ2n) is 3.47. The zero-order valence-corrected chi connectivity index (χ0v) is 9.13. The van der Waals surface area contributed by atoms with Crippen molar-refractivity contribution in [3.05, 3.63) is 30.1 Å². The fourth-order valence-corrected chi connectivity index (χ4v) is 1.30. The summed E-state index contributed by atoms with van der Waals surface area (Å²) in [5.74, 6) is 0.515. The summed E-state index contributed by atoms with van der Waals surface area (Å²) >= 11 is 0. The van der Waals surface area contributed by atoms with Gasteiger partial charge in [0.1, 0.15) is 11.6 Å². The van der Waals surface area contributed by atoms with Crippen molar-refractivity contribution >= 4 is 0 Å². The van der Waals surface area contributed by atoms with E-state index < -0.39 is 0 Å². The number of benzene rings is 1. The summed E-state index contributed by atoms with van der Waals surface area (Å²) in [6, 6.07) is 6.14. The van der Waals surface area contributed by atoms with Crippen molar-refractivity contribution in [1.82, 2.24) is 5.32 Å². The second kappa shape index (κ2) is 7.23. The molecule has 0 heterocycles. The van der Waals surface area contributed by atoms with Crippen molar-refractivity contribution in [2.75, 3.05) is 20.2 Å². The highest BCUT2D eigenvalue weighted by molar-refractivity contribution is 5.21. The van der Waals surface area contributed by atoms with E-state index in [1.54, 1.807) is 12.1 Å². The first-order valence-electron chi connectivity index (χ1n) is 5.36. The lowest BCUT2D eigenvalue weighted by atomic mass is 10.2. The minimum absolute atomic E-state index is 0.226. The lowest BCUT2D eigenvalue weighted by Gasteiger charge is -2.05. The lowest BCUT2D eigenvalue weighted by Crippen LogP contribution is -2.07. The molecule has 0 spiro atoms. The normalized spacial score (nSPS) is 10.3. The van der Waals surface area contributed by atoms with E-state index in [-0.39, 0.29) is 5.82 Å². The van der Waals surface area contributed by atoms with Gasteiger partial charge in [-0.2, -0.15) is 0 Å². The van der Waals surface area contributed by atoms with Crippen LogP contribution in [0.4, 0.5) is 4.39 Å². The van der Waals surface area contributed by atoms with Gasteiger partial charge in [0.15, 0.2) is 0 Å². The van der Waals surface area contributed by atoms with Gasteiger partial charge in [-0.05, 0) is 57.1 Å². The molecule has 0 aliphatic rings. The number of ether oxygens (including phenoxy) is 1. The second-order valence-corrected chi connectivity index (χ2v) is 3.47. The Morgan fingerprint density at radius 2 is 1.87 bits per heavy atom. The van der Waals surface area contributed by atoms with Crippen molar-refractivity contribution in [3.63, 3.8) is 0 Å². The van der Waals surface area contributed by atoms with E-state index in [4.69, 9.17) is 4.74 Å². The molecule has 0 unspecified atom stereocenters. The van der Waals surface area contributed by atoms with Crippen LogP contribution in [0, 0.1) is 5.82 Å². The highest BCUT2D eigenvalue weighted by Crippen LogP contribution is 2.11. The van der Waals surface area contributed by atoms with Gasteiger partial charge in [0.05, 0.1) is 6.61 Å². The van der Waals surface area contributed by atoms with Gasteiger partial charge in [-0.1, -0.05) is 0 Å². The molecule has 0 aliphatic heterocycles. The largest absolute Gasteiger partial charge is 0.494 e. The molecular formula is C12H18FNO. The maximum Gasteiger partial charge on any atom is 0.123 e. The Bertz CT molecular complexity index is 261. The van der Waals surface area contributed by atoms with Crippen molar-refractivity contribution in [1.29, 1.82) is 0 Å². The Morgan fingerprint density at radius 1 is 1.13 bits per heavy atom. The number of nitrogens with one attached hydrogen (secondary N) is 1. The smallest absolute Gasteiger partial charge is 0.123 e. The number of rotatable bonds is 7. The predicted octanol–water partition coefficient (Wildman–Crippen LogP) is 2.59. The van der Waals surface area contributed by atoms with Crippen molar-refractivity contribution in [3.8, 4) is 5.75 Å². The molecule has 0 amide bonds. The van der Waals surface area contributed by atoms with Gasteiger partial charge < -0.3 is 10.1 Å². The minimum Gasteiger partial charge on any atom is -0.494 e. The van der Waals surface area contributed by atoms with Gasteiger partial charge in [0.2, 0.25) is 0 Å². The molecule has 0 aromatic heterocycles. The van der Waals surface area contributed by atoms with Crippen molar-refractivity contribution < 1.29 is 9.13 Å². The van der Waals surface area contributed by atoms with Crippen LogP contribution in [0.15, 0.2) is 24.3 Å². The zero-order valence-electron chi connectivity index (χ0n) is 9.13. The lowest BCUT2D eigenvalue weighted by molar-refractivity contribution is 0.304. The third-order valence-corrected chi connectivity index (χ3v) is 2.15. The summed E-state index contributed by atoms with van der Waals surface area (Å²) < 4.78 is 18.0. The van der Waals surface area contributed by atoms with E-state index in [2.05, 4.69) is 5.32 Å². The maximum absolute atomic E-state index is 12.6. The van der Waals surface area contributed by atoms with Gasteiger partial charge in [-0.25, -0.2) is 4.39 Å². The van der Waals surface area contributed by atoms with Gasteiger partial charge in [-0.15, -0.1) is 0 Å². The topological polar surface area (TPSA) is 21.3 Å². The fourth-order valence-electron chi connectivity index (χ4n) is 1.30. The van der Waals surface area contributed by atoms with Crippen LogP contribution >= 0.6 is 0 Å². The summed E-state index contributed by atoms with van der Waals surface area (Å²) in [5, 5.41) is 3.10. The van der Waals surface area contributed by atoms with Crippen LogP contribution in [0.25, 0.3) is 0 Å². The van der Waals surface area contributed by atoms with Crippen LogP contribution in [0.3, 0.4) is 0 Å². The van der Waals surface area contributed by atoms with Crippen LogP contribution in [0.2, 0.25) is 0 Å². The summed E-state index contributed by atoms with van der Waals surface area (Å²) in [7, 11) is 1.95. The molecule has 2 nitrogen and oxygen atoms in total. The number of unbranched alkanes of at least 4 members (excludes halogenated alkanes) is 2. The Labute approximate surface area is 90.4 Å². The molecule has 0 radical (unpaired) electrons. The monoisotopic (exact) mass is 211 g/mol. The fraction of sp³-hybridized carbons (Fsp3) is 0.500. The molecule has 1 aromatic rings. The summed E-state index contributed by atoms with van der Waals surface area (Å²) in [5.41, 5.74) is 0. The first kappa shape index (κ1) is 12.0. The van der Waals surface area contributed by atoms with Crippen molar-refractivity contribution in [2.24, 2.45) is 0 Å². The minimum atomic E-state index is -0.226. The Hall–Kier alpha value is -1.09. The van der Waals surface area contributed by atoms with E-state index >= 15 is 0 Å². The van der Waals surface area contributed by atoms with Crippen LogP contribution in [0.1, 0.15) is 19.3 Å². The molecule has 0 aliphatic carbocycles. The van der Waals surface area contributed by atoms with Gasteiger partial charge >= 0.3 is 0 Å². The predicted molar refractivity (Wildman–Crippen MR) is 59.7 cm³/mol. The van der Waals surface area contributed by atoms with Crippen molar-refractivity contribution in [2.45, 2.75) is 19.3 Å². The third kappa shape index (κ3) is 5.37. The zero-order chi connectivity index (χ0) is 10.9. The third-order valence-electron chi connectivity index (χ3n) is 2.15. The molecule has 0 bridgehead atoms. The molecule has 0 saturated carbocycles. The standard InChI is InChI=1S/C12H18FNO/c1-14-9-3-2-4-10-15-12-7-5-11(13)6-8-12/h5-8,14H,2-4,9-10H2,1H3. The van der Waals surface area contributed by atoms with Gasteiger partial charge in [0, 0.05) is 0 Å². The van der Waals surface area contributed by atoms with E-state index in [9.17, 15) is 4.39 Å². The molecule has 84 valence electrons. The average Bonchev–Trinajstić information content (AvgIpc) is 2.26. The molecule has 0 atom stereocenters. The SMILES string of the molecule is CNCCCCCOc1ccc(F)cc1. The Morgan fingerprint density at radius 3 is 2.53 bits per heavy atom. The van der Waals surface area contributed by atoms with Gasteiger partial charge in [0.25, 0.3) is 0 Å². The molecule has 3 heteroatoms. The summed E-state index contributed by atoms with van der Waals surface area (Å²) in [4.78, 5) is 0. The van der Waals surface area contributed by atoms with Crippen LogP contribution < -0.4 is 10.1 Å². The molecular weight excluding hydrogens is 193 g/mol. The number of hydrogen-bond acceptors (Lipinski definition) is 2.